The van der Waals surface area contributed by atoms with E-state index in [4.69, 9.17) is 0 Å². The summed E-state index contributed by atoms with van der Waals surface area (Å²) in [5.41, 5.74) is 1.12. The summed E-state index contributed by atoms with van der Waals surface area (Å²) in [5, 5.41) is 16.3. The Kier molecular flexibility index (Phi) is 2.13. The molecular weight excluding hydrogens is 168 g/mol. The molecular formula is C7H8N6. The van der Waals surface area contributed by atoms with Crippen LogP contribution in [0.25, 0.3) is 0 Å². The van der Waals surface area contributed by atoms with Crippen molar-refractivity contribution in [3.05, 3.63) is 30.1 Å². The zero-order valence-corrected chi connectivity index (χ0v) is 6.81. The number of rotatable bonds is 3. The zero-order chi connectivity index (χ0) is 8.93. The Morgan fingerprint density at radius 1 is 1.31 bits per heavy atom. The molecule has 0 aliphatic heterocycles. The number of hydrogen-bond acceptors (Lipinski definition) is 5. The summed E-state index contributed by atoms with van der Waals surface area (Å²) in [5.74, 6) is 0.497. The van der Waals surface area contributed by atoms with Crippen molar-refractivity contribution in [2.45, 2.75) is 6.54 Å². The van der Waals surface area contributed by atoms with Crippen LogP contribution in [0, 0.1) is 0 Å². The van der Waals surface area contributed by atoms with Gasteiger partial charge >= 0.3 is 0 Å². The summed E-state index contributed by atoms with van der Waals surface area (Å²) < 4.78 is 0. The number of H-pyrrole nitrogens is 1. The highest BCUT2D eigenvalue weighted by Crippen LogP contribution is 1.99. The molecule has 0 unspecified atom stereocenters. The number of tetrazole rings is 1. The lowest BCUT2D eigenvalue weighted by molar-refractivity contribution is 0.881. The van der Waals surface area contributed by atoms with E-state index in [1.807, 2.05) is 12.1 Å². The average Bonchev–Trinajstić information content (AvgIpc) is 2.69. The summed E-state index contributed by atoms with van der Waals surface area (Å²) in [4.78, 5) is 3.91. The number of pyridine rings is 1. The van der Waals surface area contributed by atoms with E-state index in [1.165, 1.54) is 0 Å². The number of aromatic nitrogens is 5. The van der Waals surface area contributed by atoms with Gasteiger partial charge in [-0.2, -0.15) is 5.21 Å². The van der Waals surface area contributed by atoms with Crippen LogP contribution in [0.4, 0.5) is 5.95 Å². The van der Waals surface area contributed by atoms with Crippen LogP contribution in [0.15, 0.2) is 24.5 Å². The fourth-order valence-corrected chi connectivity index (χ4v) is 0.918. The molecule has 0 aliphatic rings. The van der Waals surface area contributed by atoms with E-state index < -0.39 is 0 Å². The average molecular weight is 176 g/mol. The molecule has 0 atom stereocenters. The molecule has 2 N–H and O–H groups in total. The van der Waals surface area contributed by atoms with Gasteiger partial charge in [0.2, 0.25) is 0 Å². The van der Waals surface area contributed by atoms with E-state index >= 15 is 0 Å². The molecule has 0 amide bonds. The van der Waals surface area contributed by atoms with Gasteiger partial charge in [0.1, 0.15) is 0 Å². The lowest BCUT2D eigenvalue weighted by atomic mass is 10.3. The number of nitrogens with zero attached hydrogens (tertiary/aromatic N) is 4. The fraction of sp³-hybridized carbons (Fsp3) is 0.143. The smallest absolute Gasteiger partial charge is 0.263 e. The predicted octanol–water partition coefficient (Wildman–Crippen LogP) is 0.207. The molecule has 66 valence electrons. The lowest BCUT2D eigenvalue weighted by Crippen LogP contribution is -2.00. The molecule has 0 radical (unpaired) electrons. The van der Waals surface area contributed by atoms with Crippen LogP contribution in [0.5, 0.6) is 0 Å². The van der Waals surface area contributed by atoms with Crippen molar-refractivity contribution in [1.29, 1.82) is 0 Å². The highest BCUT2D eigenvalue weighted by molar-refractivity contribution is 5.23. The molecule has 6 heteroatoms. The van der Waals surface area contributed by atoms with Gasteiger partial charge in [-0.05, 0) is 22.9 Å². The maximum absolute atomic E-state index is 3.91. The second-order valence-corrected chi connectivity index (χ2v) is 2.44. The van der Waals surface area contributed by atoms with Crippen molar-refractivity contribution in [3.63, 3.8) is 0 Å². The molecule has 2 aromatic rings. The van der Waals surface area contributed by atoms with Crippen LogP contribution in [0.3, 0.4) is 0 Å². The van der Waals surface area contributed by atoms with Crippen LogP contribution < -0.4 is 5.32 Å². The molecule has 0 aromatic carbocycles. The third-order valence-electron chi connectivity index (χ3n) is 1.55. The lowest BCUT2D eigenvalue weighted by Gasteiger charge is -1.99. The van der Waals surface area contributed by atoms with Gasteiger partial charge in [-0.25, -0.2) is 0 Å². The van der Waals surface area contributed by atoms with E-state index in [-0.39, 0.29) is 0 Å². The second kappa shape index (κ2) is 3.61. The Labute approximate surface area is 74.4 Å². The summed E-state index contributed by atoms with van der Waals surface area (Å²) in [6.07, 6.45) is 3.49. The quantitative estimate of drug-likeness (QED) is 0.698. The van der Waals surface area contributed by atoms with Gasteiger partial charge in [0.05, 0.1) is 0 Å². The Morgan fingerprint density at radius 2 is 2.15 bits per heavy atom. The predicted molar refractivity (Wildman–Crippen MR) is 45.7 cm³/mol. The van der Waals surface area contributed by atoms with Crippen molar-refractivity contribution in [2.75, 3.05) is 5.32 Å². The van der Waals surface area contributed by atoms with Crippen molar-refractivity contribution >= 4 is 5.95 Å². The third kappa shape index (κ3) is 1.98. The molecule has 2 rings (SSSR count). The van der Waals surface area contributed by atoms with E-state index in [2.05, 4.69) is 30.9 Å². The molecule has 0 saturated heterocycles. The van der Waals surface area contributed by atoms with Crippen LogP contribution in [-0.2, 0) is 6.54 Å². The summed E-state index contributed by atoms with van der Waals surface area (Å²) in [6, 6.07) is 3.85. The molecule has 0 spiro atoms. The normalized spacial score (nSPS) is 9.85. The van der Waals surface area contributed by atoms with Crippen LogP contribution in [0.2, 0.25) is 0 Å². The number of aromatic amines is 1. The minimum Gasteiger partial charge on any atom is -0.348 e. The van der Waals surface area contributed by atoms with Crippen molar-refractivity contribution in [1.82, 2.24) is 25.6 Å². The molecule has 6 nitrogen and oxygen atoms in total. The second-order valence-electron chi connectivity index (χ2n) is 2.44. The molecule has 13 heavy (non-hydrogen) atoms. The van der Waals surface area contributed by atoms with Crippen LogP contribution >= 0.6 is 0 Å². The SMILES string of the molecule is c1cc(CNc2nn[nH]n2)ccn1. The Hall–Kier alpha value is -1.98. The number of nitrogens with one attached hydrogen (secondary N) is 2. The van der Waals surface area contributed by atoms with Gasteiger partial charge in [0.25, 0.3) is 5.95 Å². The van der Waals surface area contributed by atoms with Crippen molar-refractivity contribution < 1.29 is 0 Å². The summed E-state index contributed by atoms with van der Waals surface area (Å²) >= 11 is 0. The van der Waals surface area contributed by atoms with E-state index in [0.717, 1.165) is 5.56 Å². The maximum atomic E-state index is 3.91. The molecule has 0 fully saturated rings. The minimum atomic E-state index is 0.497. The van der Waals surface area contributed by atoms with E-state index in [1.54, 1.807) is 12.4 Å². The fourth-order valence-electron chi connectivity index (χ4n) is 0.918. The molecule has 0 saturated carbocycles. The zero-order valence-electron chi connectivity index (χ0n) is 6.81. The first-order valence-corrected chi connectivity index (χ1v) is 3.81. The monoisotopic (exact) mass is 176 g/mol. The standard InChI is InChI=1S/C7H8N6/c1-3-8-4-2-6(1)5-9-7-10-12-13-11-7/h1-4H,5H2,(H2,9,10,11,12,13). The largest absolute Gasteiger partial charge is 0.348 e. The van der Waals surface area contributed by atoms with E-state index in [0.29, 0.717) is 12.5 Å². The third-order valence-corrected chi connectivity index (χ3v) is 1.55. The Bertz CT molecular complexity index is 342. The molecule has 2 aromatic heterocycles. The first-order valence-electron chi connectivity index (χ1n) is 3.81. The topological polar surface area (TPSA) is 79.4 Å². The summed E-state index contributed by atoms with van der Waals surface area (Å²) in [6.45, 7) is 0.669. The first-order chi connectivity index (χ1) is 6.45. The first kappa shape index (κ1) is 7.66. The van der Waals surface area contributed by atoms with E-state index in [9.17, 15) is 0 Å². The van der Waals surface area contributed by atoms with Gasteiger partial charge in [0, 0.05) is 18.9 Å². The highest BCUT2D eigenvalue weighted by atomic mass is 15.5. The summed E-state index contributed by atoms with van der Waals surface area (Å²) in [7, 11) is 0. The van der Waals surface area contributed by atoms with Crippen molar-refractivity contribution in [3.8, 4) is 0 Å². The molecule has 0 bridgehead atoms. The van der Waals surface area contributed by atoms with Gasteiger partial charge in [0.15, 0.2) is 0 Å². The Balaban J connectivity index is 1.94. The number of anilines is 1. The molecule has 0 aliphatic carbocycles. The Morgan fingerprint density at radius 3 is 2.85 bits per heavy atom. The van der Waals surface area contributed by atoms with Gasteiger partial charge in [-0.1, -0.05) is 5.10 Å². The minimum absolute atomic E-state index is 0.497. The van der Waals surface area contributed by atoms with Crippen molar-refractivity contribution in [2.24, 2.45) is 0 Å². The maximum Gasteiger partial charge on any atom is 0.263 e. The highest BCUT2D eigenvalue weighted by Gasteiger charge is 1.95. The van der Waals surface area contributed by atoms with Gasteiger partial charge in [-0.3, -0.25) is 4.98 Å². The number of hydrogen-bond donors (Lipinski definition) is 2. The van der Waals surface area contributed by atoms with Crippen LogP contribution in [-0.4, -0.2) is 25.6 Å². The molecule has 2 heterocycles. The van der Waals surface area contributed by atoms with Gasteiger partial charge < -0.3 is 5.32 Å². The van der Waals surface area contributed by atoms with Gasteiger partial charge in [-0.15, -0.1) is 5.10 Å². The van der Waals surface area contributed by atoms with Crippen LogP contribution in [0.1, 0.15) is 5.56 Å².